The number of carbonyl (C=O) groups is 2. The summed E-state index contributed by atoms with van der Waals surface area (Å²) in [5, 5.41) is 5.33. The summed E-state index contributed by atoms with van der Waals surface area (Å²) in [5.41, 5.74) is 2.75. The third-order valence-electron chi connectivity index (χ3n) is 6.47. The molecule has 1 fully saturated rings. The van der Waals surface area contributed by atoms with Gasteiger partial charge in [0.15, 0.2) is 0 Å². The Bertz CT molecular complexity index is 1140. The van der Waals surface area contributed by atoms with E-state index in [2.05, 4.69) is 15.6 Å². The molecule has 0 unspecified atom stereocenters. The fourth-order valence-corrected chi connectivity index (χ4v) is 4.22. The van der Waals surface area contributed by atoms with E-state index in [4.69, 9.17) is 0 Å². The Labute approximate surface area is 193 Å². The minimum atomic E-state index is -0.471. The van der Waals surface area contributed by atoms with Crippen molar-refractivity contribution in [3.05, 3.63) is 65.9 Å². The Morgan fingerprint density at radius 2 is 1.97 bits per heavy atom. The van der Waals surface area contributed by atoms with Crippen LogP contribution in [0.15, 0.2) is 48.9 Å². The van der Waals surface area contributed by atoms with Gasteiger partial charge in [0.2, 0.25) is 5.91 Å². The van der Waals surface area contributed by atoms with Crippen molar-refractivity contribution in [2.45, 2.75) is 45.6 Å². The van der Waals surface area contributed by atoms with Crippen LogP contribution >= 0.6 is 0 Å². The van der Waals surface area contributed by atoms with E-state index in [0.717, 1.165) is 36.0 Å². The standard InChI is InChI=1S/C25H30FN5O2/c1-3-17(2)24(32)31-11-7-19(8-12-31)20-4-5-22(21(26)15-20)29-25(33)28-16-18-6-10-30-13-9-27-23(30)14-18/h4-6,9-10,13-15,17,19H,3,7-8,11-12,16H2,1-2H3,(H2,28,29,33)/t17-/m0/s1. The van der Waals surface area contributed by atoms with Gasteiger partial charge in [-0.3, -0.25) is 4.79 Å². The first-order chi connectivity index (χ1) is 15.9. The summed E-state index contributed by atoms with van der Waals surface area (Å²) in [7, 11) is 0. The SMILES string of the molecule is CC[C@H](C)C(=O)N1CCC(c2ccc(NC(=O)NCc3ccn4ccnc4c3)c(F)c2)CC1. The van der Waals surface area contributed by atoms with Crippen molar-refractivity contribution in [2.75, 3.05) is 18.4 Å². The number of imidazole rings is 1. The molecule has 0 bridgehead atoms. The number of halogens is 1. The molecule has 0 saturated carbocycles. The molecule has 3 aromatic rings. The average molecular weight is 452 g/mol. The molecule has 7 nitrogen and oxygen atoms in total. The van der Waals surface area contributed by atoms with Gasteiger partial charge in [0.25, 0.3) is 0 Å². The van der Waals surface area contributed by atoms with Crippen molar-refractivity contribution < 1.29 is 14.0 Å². The van der Waals surface area contributed by atoms with Crippen LogP contribution in [0.1, 0.15) is 50.2 Å². The first kappa shape index (κ1) is 22.8. The van der Waals surface area contributed by atoms with Gasteiger partial charge in [0, 0.05) is 44.1 Å². The summed E-state index contributed by atoms with van der Waals surface area (Å²) >= 11 is 0. The molecule has 0 spiro atoms. The van der Waals surface area contributed by atoms with Crippen LogP contribution in [0.2, 0.25) is 0 Å². The number of fused-ring (bicyclic) bond motifs is 1. The molecule has 0 radical (unpaired) electrons. The minimum Gasteiger partial charge on any atom is -0.342 e. The molecular formula is C25H30FN5O2. The number of nitrogens with zero attached hydrogens (tertiary/aromatic N) is 3. The zero-order valence-corrected chi connectivity index (χ0v) is 19.1. The van der Waals surface area contributed by atoms with Crippen LogP contribution in [0.25, 0.3) is 5.65 Å². The predicted octanol–water partition coefficient (Wildman–Crippen LogP) is 4.55. The third-order valence-corrected chi connectivity index (χ3v) is 6.47. The van der Waals surface area contributed by atoms with Gasteiger partial charge in [-0.15, -0.1) is 0 Å². The lowest BCUT2D eigenvalue weighted by molar-refractivity contribution is -0.136. The Balaban J connectivity index is 1.30. The van der Waals surface area contributed by atoms with E-state index >= 15 is 0 Å². The number of aromatic nitrogens is 2. The number of benzene rings is 1. The number of amides is 3. The van der Waals surface area contributed by atoms with Gasteiger partial charge in [-0.2, -0.15) is 0 Å². The number of rotatable bonds is 6. The Kier molecular flexibility index (Phi) is 6.91. The zero-order chi connectivity index (χ0) is 23.4. The molecular weight excluding hydrogens is 421 g/mol. The summed E-state index contributed by atoms with van der Waals surface area (Å²) in [6, 6.07) is 8.28. The summed E-state index contributed by atoms with van der Waals surface area (Å²) in [5.74, 6) is 0.00185. The van der Waals surface area contributed by atoms with E-state index in [-0.39, 0.29) is 23.4 Å². The van der Waals surface area contributed by atoms with Crippen LogP contribution in [0.3, 0.4) is 0 Å². The topological polar surface area (TPSA) is 78.7 Å². The first-order valence-electron chi connectivity index (χ1n) is 11.5. The quantitative estimate of drug-likeness (QED) is 0.577. The molecule has 33 heavy (non-hydrogen) atoms. The second kappa shape index (κ2) is 10.0. The maximum absolute atomic E-state index is 14.7. The maximum Gasteiger partial charge on any atom is 0.319 e. The lowest BCUT2D eigenvalue weighted by atomic mass is 9.88. The number of hydrogen-bond donors (Lipinski definition) is 2. The number of urea groups is 1. The van der Waals surface area contributed by atoms with Crippen LogP contribution in [-0.4, -0.2) is 39.3 Å². The molecule has 1 aliphatic rings. The van der Waals surface area contributed by atoms with Crippen molar-refractivity contribution in [2.24, 2.45) is 5.92 Å². The highest BCUT2D eigenvalue weighted by Crippen LogP contribution is 2.30. The highest BCUT2D eigenvalue weighted by atomic mass is 19.1. The Morgan fingerprint density at radius 1 is 1.18 bits per heavy atom. The molecule has 2 aromatic heterocycles. The molecule has 1 saturated heterocycles. The van der Waals surface area contributed by atoms with E-state index in [1.54, 1.807) is 12.3 Å². The summed E-state index contributed by atoms with van der Waals surface area (Å²) in [4.78, 5) is 30.8. The van der Waals surface area contributed by atoms with Crippen molar-refractivity contribution in [3.8, 4) is 0 Å². The molecule has 3 heterocycles. The second-order valence-electron chi connectivity index (χ2n) is 8.68. The van der Waals surface area contributed by atoms with E-state index in [1.165, 1.54) is 6.07 Å². The van der Waals surface area contributed by atoms with Gasteiger partial charge < -0.3 is 19.9 Å². The van der Waals surface area contributed by atoms with Gasteiger partial charge in [-0.05, 0) is 60.6 Å². The molecule has 3 amide bonds. The second-order valence-corrected chi connectivity index (χ2v) is 8.68. The van der Waals surface area contributed by atoms with Crippen molar-refractivity contribution in [1.82, 2.24) is 19.6 Å². The Morgan fingerprint density at radius 3 is 2.70 bits per heavy atom. The predicted molar refractivity (Wildman–Crippen MR) is 125 cm³/mol. The Hall–Kier alpha value is -3.42. The first-order valence-corrected chi connectivity index (χ1v) is 11.5. The zero-order valence-electron chi connectivity index (χ0n) is 19.1. The number of hydrogen-bond acceptors (Lipinski definition) is 3. The molecule has 174 valence electrons. The van der Waals surface area contributed by atoms with Crippen molar-refractivity contribution in [3.63, 3.8) is 0 Å². The molecule has 4 rings (SSSR count). The van der Waals surface area contributed by atoms with E-state index < -0.39 is 11.8 Å². The molecule has 8 heteroatoms. The number of carbonyl (C=O) groups excluding carboxylic acids is 2. The number of anilines is 1. The number of piperidine rings is 1. The number of nitrogens with one attached hydrogen (secondary N) is 2. The average Bonchev–Trinajstić information content (AvgIpc) is 3.31. The number of likely N-dealkylation sites (tertiary alicyclic amines) is 1. The number of pyridine rings is 1. The van der Waals surface area contributed by atoms with Crippen LogP contribution in [0, 0.1) is 11.7 Å². The summed E-state index contributed by atoms with van der Waals surface area (Å²) in [6.45, 7) is 5.69. The highest BCUT2D eigenvalue weighted by Gasteiger charge is 2.26. The van der Waals surface area contributed by atoms with Crippen molar-refractivity contribution >= 4 is 23.3 Å². The smallest absolute Gasteiger partial charge is 0.319 e. The van der Waals surface area contributed by atoms with Crippen molar-refractivity contribution in [1.29, 1.82) is 0 Å². The molecule has 0 aliphatic carbocycles. The van der Waals surface area contributed by atoms with Crippen LogP contribution in [-0.2, 0) is 11.3 Å². The van der Waals surface area contributed by atoms with Gasteiger partial charge >= 0.3 is 6.03 Å². The molecule has 1 aromatic carbocycles. The molecule has 1 atom stereocenters. The fourth-order valence-electron chi connectivity index (χ4n) is 4.22. The van der Waals surface area contributed by atoms with Crippen LogP contribution < -0.4 is 10.6 Å². The van der Waals surface area contributed by atoms with E-state index in [9.17, 15) is 14.0 Å². The van der Waals surface area contributed by atoms with Crippen LogP contribution in [0.5, 0.6) is 0 Å². The van der Waals surface area contributed by atoms with Gasteiger partial charge in [-0.1, -0.05) is 19.9 Å². The summed E-state index contributed by atoms with van der Waals surface area (Å²) < 4.78 is 16.6. The third kappa shape index (κ3) is 5.32. The van der Waals surface area contributed by atoms with Gasteiger partial charge in [-0.25, -0.2) is 14.2 Å². The fraction of sp³-hybridized carbons (Fsp3) is 0.400. The van der Waals surface area contributed by atoms with Crippen LogP contribution in [0.4, 0.5) is 14.9 Å². The van der Waals surface area contributed by atoms with Gasteiger partial charge in [0.05, 0.1) is 5.69 Å². The summed E-state index contributed by atoms with van der Waals surface area (Å²) in [6.07, 6.45) is 7.90. The molecule has 1 aliphatic heterocycles. The largest absolute Gasteiger partial charge is 0.342 e. The molecule has 2 N–H and O–H groups in total. The maximum atomic E-state index is 14.7. The lowest BCUT2D eigenvalue weighted by Crippen LogP contribution is -2.40. The lowest BCUT2D eigenvalue weighted by Gasteiger charge is -2.33. The van der Waals surface area contributed by atoms with Gasteiger partial charge in [0.1, 0.15) is 11.5 Å². The van der Waals surface area contributed by atoms with E-state index in [0.29, 0.717) is 19.6 Å². The minimum absolute atomic E-state index is 0.0455. The highest BCUT2D eigenvalue weighted by molar-refractivity contribution is 5.89. The van der Waals surface area contributed by atoms with E-state index in [1.807, 2.05) is 53.7 Å². The monoisotopic (exact) mass is 451 g/mol. The normalized spacial score (nSPS) is 15.4.